The minimum absolute atomic E-state index is 0.776. The van der Waals surface area contributed by atoms with Crippen LogP contribution in [0, 0.1) is 0 Å². The van der Waals surface area contributed by atoms with Crippen LogP contribution in [0.1, 0.15) is 48.0 Å². The second kappa shape index (κ2) is 10.9. The normalized spacial score (nSPS) is 13.1. The summed E-state index contributed by atoms with van der Waals surface area (Å²) in [5.74, 6) is 0. The van der Waals surface area contributed by atoms with Crippen molar-refractivity contribution in [3.63, 3.8) is 0 Å². The van der Waals surface area contributed by atoms with Crippen LogP contribution < -0.4 is 0 Å². The Hall–Kier alpha value is 0.314. The fraction of sp³-hybridized carbons (Fsp3) is 1.00. The predicted molar refractivity (Wildman–Crippen MR) is 98.7 cm³/mol. The van der Waals surface area contributed by atoms with Crippen LogP contribution in [-0.2, 0) is 8.85 Å². The molecule has 0 aromatic rings. The van der Waals surface area contributed by atoms with Gasteiger partial charge in [-0.3, -0.25) is 0 Å². The highest BCUT2D eigenvalue weighted by Gasteiger charge is 2.35. The topological polar surface area (TPSA) is 21.7 Å². The Kier molecular flexibility index (Phi) is 11.1. The summed E-state index contributed by atoms with van der Waals surface area (Å²) in [4.78, 5) is 0. The molecule has 0 N–H and O–H groups in total. The van der Waals surface area contributed by atoms with Gasteiger partial charge < -0.3 is 13.4 Å². The third kappa shape index (κ3) is 6.52. The van der Waals surface area contributed by atoms with E-state index in [0.717, 1.165) is 19.3 Å². The van der Waals surface area contributed by atoms with Gasteiger partial charge in [0.05, 0.1) is 0 Å². The van der Waals surface area contributed by atoms with E-state index in [2.05, 4.69) is 52.7 Å². The summed E-state index contributed by atoms with van der Waals surface area (Å²) in [5.41, 5.74) is 0. The molecular formula is C16H39NO2Si2. The third-order valence-corrected chi connectivity index (χ3v) is 13.9. The highest BCUT2D eigenvalue weighted by Crippen LogP contribution is 2.26. The fourth-order valence-corrected chi connectivity index (χ4v) is 10.1. The van der Waals surface area contributed by atoms with Crippen molar-refractivity contribution in [1.82, 2.24) is 4.57 Å². The van der Waals surface area contributed by atoms with E-state index < -0.39 is 16.8 Å². The van der Waals surface area contributed by atoms with Crippen LogP contribution in [-0.4, -0.2) is 47.7 Å². The molecule has 3 nitrogen and oxygen atoms in total. The monoisotopic (exact) mass is 333 g/mol. The molecule has 0 unspecified atom stereocenters. The lowest BCUT2D eigenvalue weighted by Gasteiger charge is -2.41. The molecule has 5 heteroatoms. The minimum atomic E-state index is -1.93. The van der Waals surface area contributed by atoms with Gasteiger partial charge in [0.15, 0.2) is 0 Å². The maximum Gasteiger partial charge on any atom is 0.334 e. The van der Waals surface area contributed by atoms with Crippen LogP contribution >= 0.6 is 0 Å². The Morgan fingerprint density at radius 2 is 1.29 bits per heavy atom. The molecule has 0 rings (SSSR count). The first-order chi connectivity index (χ1) is 9.97. The second-order valence-electron chi connectivity index (χ2n) is 5.97. The Morgan fingerprint density at radius 1 is 0.810 bits per heavy atom. The highest BCUT2D eigenvalue weighted by atomic mass is 28.4. The number of rotatable bonds is 13. The van der Waals surface area contributed by atoms with Gasteiger partial charge in [0.25, 0.3) is 0 Å². The maximum atomic E-state index is 5.96. The molecule has 0 atom stereocenters. The largest absolute Gasteiger partial charge is 0.395 e. The van der Waals surface area contributed by atoms with Crippen molar-refractivity contribution in [2.75, 3.05) is 26.3 Å². The molecule has 0 saturated carbocycles. The Labute approximate surface area is 135 Å². The van der Waals surface area contributed by atoms with Crippen molar-refractivity contribution in [3.8, 4) is 0 Å². The zero-order valence-corrected chi connectivity index (χ0v) is 17.6. The smallest absolute Gasteiger partial charge is 0.334 e. The summed E-state index contributed by atoms with van der Waals surface area (Å²) < 4.78 is 14.7. The lowest BCUT2D eigenvalue weighted by molar-refractivity contribution is 0.187. The molecule has 0 bridgehead atoms. The molecule has 0 aromatic carbocycles. The molecule has 21 heavy (non-hydrogen) atoms. The summed E-state index contributed by atoms with van der Waals surface area (Å²) in [5, 5.41) is 0. The minimum Gasteiger partial charge on any atom is -0.395 e. The summed E-state index contributed by atoms with van der Waals surface area (Å²) in [7, 11) is -3.14. The van der Waals surface area contributed by atoms with Crippen LogP contribution in [0.2, 0.25) is 30.7 Å². The van der Waals surface area contributed by atoms with Gasteiger partial charge in [-0.05, 0) is 64.1 Å². The van der Waals surface area contributed by atoms with Gasteiger partial charge in [0.1, 0.15) is 8.24 Å². The van der Waals surface area contributed by atoms with Crippen LogP contribution in [0.15, 0.2) is 0 Å². The van der Waals surface area contributed by atoms with Gasteiger partial charge in [-0.15, -0.1) is 0 Å². The van der Waals surface area contributed by atoms with Gasteiger partial charge in [-0.25, -0.2) is 0 Å². The quantitative estimate of drug-likeness (QED) is 0.450. The summed E-state index contributed by atoms with van der Waals surface area (Å²) in [6.07, 6.45) is 1.21. The van der Waals surface area contributed by atoms with Gasteiger partial charge in [-0.2, -0.15) is 0 Å². The van der Waals surface area contributed by atoms with E-state index in [1.807, 2.05) is 0 Å². The average molecular weight is 334 g/mol. The molecule has 0 spiro atoms. The van der Waals surface area contributed by atoms with E-state index >= 15 is 0 Å². The van der Waals surface area contributed by atoms with E-state index in [9.17, 15) is 0 Å². The van der Waals surface area contributed by atoms with Crippen LogP contribution in [0.25, 0.3) is 0 Å². The molecule has 0 aliphatic heterocycles. The highest BCUT2D eigenvalue weighted by molar-refractivity contribution is 6.77. The SMILES string of the molecule is CCO[Si](C)(CCCN(CC)[Si](CC)(CC)CC)OCC. The average Bonchev–Trinajstić information content (AvgIpc) is 2.48. The van der Waals surface area contributed by atoms with Gasteiger partial charge in [-0.1, -0.05) is 27.7 Å². The first kappa shape index (κ1) is 21.3. The van der Waals surface area contributed by atoms with E-state index in [1.165, 1.54) is 37.6 Å². The number of nitrogens with zero attached hydrogens (tertiary/aromatic N) is 1. The van der Waals surface area contributed by atoms with E-state index in [1.54, 1.807) is 0 Å². The van der Waals surface area contributed by atoms with Crippen molar-refractivity contribution in [2.24, 2.45) is 0 Å². The zero-order valence-electron chi connectivity index (χ0n) is 15.6. The number of hydrogen-bond donors (Lipinski definition) is 0. The van der Waals surface area contributed by atoms with Crippen LogP contribution in [0.3, 0.4) is 0 Å². The predicted octanol–water partition coefficient (Wildman–Crippen LogP) is 4.85. The lowest BCUT2D eigenvalue weighted by atomic mass is 10.5. The fourth-order valence-electron chi connectivity index (χ4n) is 3.54. The molecule has 0 radical (unpaired) electrons. The van der Waals surface area contributed by atoms with Crippen molar-refractivity contribution >= 4 is 16.8 Å². The molecular weight excluding hydrogens is 294 g/mol. The van der Waals surface area contributed by atoms with Gasteiger partial charge in [0.2, 0.25) is 0 Å². The zero-order chi connectivity index (χ0) is 16.4. The molecule has 128 valence electrons. The second-order valence-corrected chi connectivity index (χ2v) is 14.5. The van der Waals surface area contributed by atoms with E-state index in [4.69, 9.17) is 8.85 Å². The van der Waals surface area contributed by atoms with Crippen molar-refractivity contribution < 1.29 is 8.85 Å². The molecule has 0 fully saturated rings. The molecule has 0 aliphatic rings. The number of hydrogen-bond acceptors (Lipinski definition) is 3. The molecule has 0 amide bonds. The Bertz CT molecular complexity index is 246. The van der Waals surface area contributed by atoms with Crippen molar-refractivity contribution in [2.45, 2.75) is 78.7 Å². The first-order valence-corrected chi connectivity index (χ1v) is 14.1. The summed E-state index contributed by atoms with van der Waals surface area (Å²) in [6, 6.07) is 5.24. The molecule has 0 heterocycles. The standard InChI is InChI=1S/C16H39NO2Si2/c1-8-17(21(11-4,12-5)13-6)15-14-16-20(7,18-9-2)19-10-3/h8-16H2,1-7H3. The molecule has 0 aromatic heterocycles. The van der Waals surface area contributed by atoms with Crippen LogP contribution in [0.5, 0.6) is 0 Å². The van der Waals surface area contributed by atoms with Gasteiger partial charge in [0, 0.05) is 13.2 Å². The molecule has 0 aliphatic carbocycles. The van der Waals surface area contributed by atoms with Crippen molar-refractivity contribution in [1.29, 1.82) is 0 Å². The Morgan fingerprint density at radius 3 is 1.62 bits per heavy atom. The maximum absolute atomic E-state index is 5.96. The van der Waals surface area contributed by atoms with Crippen molar-refractivity contribution in [3.05, 3.63) is 0 Å². The first-order valence-electron chi connectivity index (χ1n) is 9.00. The third-order valence-electron chi connectivity index (χ3n) is 4.99. The Balaban J connectivity index is 4.58. The van der Waals surface area contributed by atoms with E-state index in [0.29, 0.717) is 0 Å². The summed E-state index contributed by atoms with van der Waals surface area (Å²) in [6.45, 7) is 19.8. The lowest BCUT2D eigenvalue weighted by Crippen LogP contribution is -2.52. The van der Waals surface area contributed by atoms with Crippen LogP contribution in [0.4, 0.5) is 0 Å². The van der Waals surface area contributed by atoms with E-state index in [-0.39, 0.29) is 0 Å². The molecule has 0 saturated heterocycles. The van der Waals surface area contributed by atoms with Gasteiger partial charge >= 0.3 is 8.56 Å². The summed E-state index contributed by atoms with van der Waals surface area (Å²) >= 11 is 0.